The predicted octanol–water partition coefficient (Wildman–Crippen LogP) is 2.03. The summed E-state index contributed by atoms with van der Waals surface area (Å²) < 4.78 is 40.0. The van der Waals surface area contributed by atoms with Crippen LogP contribution in [0.4, 0.5) is 13.2 Å². The van der Waals surface area contributed by atoms with Gasteiger partial charge in [0.2, 0.25) is 0 Å². The van der Waals surface area contributed by atoms with E-state index in [4.69, 9.17) is 5.11 Å². The van der Waals surface area contributed by atoms with Crippen LogP contribution in [0.2, 0.25) is 0 Å². The maximum absolute atomic E-state index is 12.9. The molecule has 19 heavy (non-hydrogen) atoms. The number of aryl methyl sites for hydroxylation is 1. The lowest BCUT2D eigenvalue weighted by molar-refractivity contribution is -0.192. The molecule has 4 nitrogen and oxygen atoms in total. The Morgan fingerprint density at radius 3 is 2.32 bits per heavy atom. The first-order chi connectivity index (χ1) is 8.54. The second kappa shape index (κ2) is 4.96. The van der Waals surface area contributed by atoms with Crippen LogP contribution in [-0.2, 0) is 13.5 Å². The first-order valence-electron chi connectivity index (χ1n) is 5.79. The SMILES string of the molecule is Cc1c(CCO)c(C(=O)C(C)(C)C(F)(F)F)nn1C. The van der Waals surface area contributed by atoms with Crippen molar-refractivity contribution in [2.45, 2.75) is 33.4 Å². The number of ketones is 1. The van der Waals surface area contributed by atoms with Crippen LogP contribution in [0.1, 0.15) is 35.6 Å². The molecule has 0 fully saturated rings. The van der Waals surface area contributed by atoms with Crippen molar-refractivity contribution in [2.24, 2.45) is 12.5 Å². The van der Waals surface area contributed by atoms with Gasteiger partial charge in [0, 0.05) is 24.9 Å². The molecule has 0 bridgehead atoms. The lowest BCUT2D eigenvalue weighted by atomic mass is 9.84. The maximum atomic E-state index is 12.9. The highest BCUT2D eigenvalue weighted by molar-refractivity contribution is 6.00. The van der Waals surface area contributed by atoms with E-state index < -0.39 is 17.4 Å². The Bertz CT molecular complexity index is 490. The third-order valence-corrected chi connectivity index (χ3v) is 3.31. The van der Waals surface area contributed by atoms with Crippen LogP contribution in [0.25, 0.3) is 0 Å². The normalized spacial score (nSPS) is 12.8. The standard InChI is InChI=1S/C12H17F3N2O2/c1-7-8(5-6-18)9(16-17(7)4)10(19)11(2,3)12(13,14)15/h18H,5-6H2,1-4H3. The molecular weight excluding hydrogens is 261 g/mol. The van der Waals surface area contributed by atoms with Crippen LogP contribution < -0.4 is 0 Å². The fourth-order valence-corrected chi connectivity index (χ4v) is 1.67. The topological polar surface area (TPSA) is 55.1 Å². The first-order valence-corrected chi connectivity index (χ1v) is 5.79. The second-order valence-corrected chi connectivity index (χ2v) is 4.96. The largest absolute Gasteiger partial charge is 0.401 e. The Kier molecular flexibility index (Phi) is 4.09. The molecule has 0 radical (unpaired) electrons. The summed E-state index contributed by atoms with van der Waals surface area (Å²) in [4.78, 5) is 12.1. The predicted molar refractivity (Wildman–Crippen MR) is 62.9 cm³/mol. The van der Waals surface area contributed by atoms with Gasteiger partial charge in [-0.25, -0.2) is 0 Å². The molecule has 0 spiro atoms. The van der Waals surface area contributed by atoms with Crippen molar-refractivity contribution in [2.75, 3.05) is 6.61 Å². The van der Waals surface area contributed by atoms with E-state index in [-0.39, 0.29) is 18.7 Å². The molecule has 7 heteroatoms. The molecule has 108 valence electrons. The zero-order valence-electron chi connectivity index (χ0n) is 11.3. The monoisotopic (exact) mass is 278 g/mol. The number of halogens is 3. The van der Waals surface area contributed by atoms with Crippen molar-refractivity contribution in [3.8, 4) is 0 Å². The van der Waals surface area contributed by atoms with Gasteiger partial charge in [-0.2, -0.15) is 18.3 Å². The average Bonchev–Trinajstić information content (AvgIpc) is 2.55. The zero-order chi connectivity index (χ0) is 15.0. The number of aliphatic hydroxyl groups excluding tert-OH is 1. The highest BCUT2D eigenvalue weighted by Crippen LogP contribution is 2.40. The highest BCUT2D eigenvalue weighted by atomic mass is 19.4. The van der Waals surface area contributed by atoms with Gasteiger partial charge in [0.1, 0.15) is 11.1 Å². The van der Waals surface area contributed by atoms with Crippen molar-refractivity contribution >= 4 is 5.78 Å². The van der Waals surface area contributed by atoms with Crippen LogP contribution >= 0.6 is 0 Å². The van der Waals surface area contributed by atoms with E-state index >= 15 is 0 Å². The van der Waals surface area contributed by atoms with Crippen LogP contribution in [0.15, 0.2) is 0 Å². The van der Waals surface area contributed by atoms with E-state index in [1.54, 1.807) is 14.0 Å². The molecule has 1 aromatic rings. The van der Waals surface area contributed by atoms with Gasteiger partial charge in [-0.1, -0.05) is 0 Å². The van der Waals surface area contributed by atoms with Crippen molar-refractivity contribution in [1.29, 1.82) is 0 Å². The molecule has 0 aromatic carbocycles. The quantitative estimate of drug-likeness (QED) is 0.857. The number of hydrogen-bond acceptors (Lipinski definition) is 3. The lowest BCUT2D eigenvalue weighted by Crippen LogP contribution is -2.40. The Hall–Kier alpha value is -1.37. The summed E-state index contributed by atoms with van der Waals surface area (Å²) in [5, 5.41) is 12.8. The van der Waals surface area contributed by atoms with Crippen LogP contribution in [-0.4, -0.2) is 33.5 Å². The molecular formula is C12H17F3N2O2. The van der Waals surface area contributed by atoms with Gasteiger partial charge in [0.15, 0.2) is 5.78 Å². The summed E-state index contributed by atoms with van der Waals surface area (Å²) in [6, 6.07) is 0. The van der Waals surface area contributed by atoms with Gasteiger partial charge in [-0.3, -0.25) is 9.48 Å². The fraction of sp³-hybridized carbons (Fsp3) is 0.667. The van der Waals surface area contributed by atoms with Gasteiger partial charge in [0.05, 0.1) is 0 Å². The third-order valence-electron chi connectivity index (χ3n) is 3.31. The number of rotatable bonds is 4. The fourth-order valence-electron chi connectivity index (χ4n) is 1.67. The van der Waals surface area contributed by atoms with E-state index in [9.17, 15) is 18.0 Å². The molecule has 0 atom stereocenters. The van der Waals surface area contributed by atoms with E-state index in [0.717, 1.165) is 13.8 Å². The number of nitrogens with zero attached hydrogens (tertiary/aromatic N) is 2. The number of aromatic nitrogens is 2. The zero-order valence-corrected chi connectivity index (χ0v) is 11.3. The summed E-state index contributed by atoms with van der Waals surface area (Å²) in [7, 11) is 1.55. The van der Waals surface area contributed by atoms with E-state index in [1.165, 1.54) is 4.68 Å². The number of alkyl halides is 3. The minimum Gasteiger partial charge on any atom is -0.396 e. The molecule has 1 N–H and O–H groups in total. The number of carbonyl (C=O) groups excluding carboxylic acids is 1. The highest BCUT2D eigenvalue weighted by Gasteiger charge is 2.54. The summed E-state index contributed by atoms with van der Waals surface area (Å²) in [6.07, 6.45) is -4.54. The molecule has 0 aliphatic heterocycles. The summed E-state index contributed by atoms with van der Waals surface area (Å²) >= 11 is 0. The first kappa shape index (κ1) is 15.7. The van der Waals surface area contributed by atoms with Gasteiger partial charge < -0.3 is 5.11 Å². The number of hydrogen-bond donors (Lipinski definition) is 1. The van der Waals surface area contributed by atoms with E-state index in [1.807, 2.05) is 0 Å². The average molecular weight is 278 g/mol. The van der Waals surface area contributed by atoms with Crippen molar-refractivity contribution in [3.05, 3.63) is 17.0 Å². The Morgan fingerprint density at radius 1 is 1.37 bits per heavy atom. The minimum absolute atomic E-state index is 0.106. The summed E-state index contributed by atoms with van der Waals surface area (Å²) in [5.74, 6) is -1.08. The lowest BCUT2D eigenvalue weighted by Gasteiger charge is -2.25. The molecule has 0 aliphatic rings. The second-order valence-electron chi connectivity index (χ2n) is 4.96. The van der Waals surface area contributed by atoms with Crippen LogP contribution in [0, 0.1) is 12.3 Å². The molecule has 0 saturated heterocycles. The number of aliphatic hydroxyl groups is 1. The molecule has 0 amide bonds. The number of Topliss-reactive ketones (excluding diaryl/α,β-unsaturated/α-hetero) is 1. The van der Waals surface area contributed by atoms with Crippen molar-refractivity contribution in [1.82, 2.24) is 9.78 Å². The van der Waals surface area contributed by atoms with Gasteiger partial charge in [0.25, 0.3) is 0 Å². The van der Waals surface area contributed by atoms with Gasteiger partial charge in [-0.05, 0) is 27.2 Å². The smallest absolute Gasteiger partial charge is 0.396 e. The molecule has 1 aromatic heterocycles. The minimum atomic E-state index is -4.65. The molecule has 0 unspecified atom stereocenters. The molecule has 0 saturated carbocycles. The molecule has 1 rings (SSSR count). The Morgan fingerprint density at radius 2 is 1.89 bits per heavy atom. The van der Waals surface area contributed by atoms with Gasteiger partial charge in [-0.15, -0.1) is 0 Å². The Balaban J connectivity index is 3.31. The van der Waals surface area contributed by atoms with Gasteiger partial charge >= 0.3 is 6.18 Å². The van der Waals surface area contributed by atoms with E-state index in [2.05, 4.69) is 5.10 Å². The Labute approximate surface area is 109 Å². The molecule has 1 heterocycles. The van der Waals surface area contributed by atoms with Crippen molar-refractivity contribution in [3.63, 3.8) is 0 Å². The summed E-state index contributed by atoms with van der Waals surface area (Å²) in [6.45, 7) is 3.07. The van der Waals surface area contributed by atoms with Crippen LogP contribution in [0.3, 0.4) is 0 Å². The van der Waals surface area contributed by atoms with E-state index in [0.29, 0.717) is 11.3 Å². The summed E-state index contributed by atoms with van der Waals surface area (Å²) in [5.41, 5.74) is -1.77. The number of carbonyl (C=O) groups is 1. The molecule has 0 aliphatic carbocycles. The van der Waals surface area contributed by atoms with Crippen molar-refractivity contribution < 1.29 is 23.1 Å². The van der Waals surface area contributed by atoms with Crippen LogP contribution in [0.5, 0.6) is 0 Å². The maximum Gasteiger partial charge on any atom is 0.401 e. The third kappa shape index (κ3) is 2.65.